The van der Waals surface area contributed by atoms with Gasteiger partial charge in [0.15, 0.2) is 10.2 Å². The lowest BCUT2D eigenvalue weighted by Gasteiger charge is -2.21. The standard InChI is InChI=1S/C20H24F3NO5S2/c1-20(28,9-6-14(21)17(22)23)8-2-3-12-4-5-15(25)13(12)7-10-30-18-24-16(11-31-18)29-19(26)27/h2-3,11-13,28H,4-10H2,1H3,(H,26,27)/b3-2+/t12-,13-,20+/m0/s1. The number of thiazole rings is 1. The fourth-order valence-electron chi connectivity index (χ4n) is 3.33. The van der Waals surface area contributed by atoms with Crippen molar-refractivity contribution in [2.24, 2.45) is 11.8 Å². The number of aromatic nitrogens is 1. The van der Waals surface area contributed by atoms with Gasteiger partial charge in [-0.3, -0.25) is 4.79 Å². The second-order valence-corrected chi connectivity index (χ2v) is 9.73. The van der Waals surface area contributed by atoms with E-state index in [-0.39, 0.29) is 36.3 Å². The monoisotopic (exact) mass is 479 g/mol. The van der Waals surface area contributed by atoms with Crippen molar-refractivity contribution >= 4 is 35.0 Å². The van der Waals surface area contributed by atoms with Crippen molar-refractivity contribution in [3.8, 4) is 5.88 Å². The first-order chi connectivity index (χ1) is 14.6. The number of halogens is 3. The first-order valence-corrected chi connectivity index (χ1v) is 11.5. The molecular formula is C20H24F3NO5S2. The Kier molecular flexibility index (Phi) is 9.57. The second-order valence-electron chi connectivity index (χ2n) is 7.53. The Morgan fingerprint density at radius 3 is 2.87 bits per heavy atom. The van der Waals surface area contributed by atoms with Gasteiger partial charge in [-0.1, -0.05) is 23.9 Å². The highest BCUT2D eigenvalue weighted by Gasteiger charge is 2.32. The van der Waals surface area contributed by atoms with Gasteiger partial charge in [0.05, 0.1) is 11.0 Å². The minimum Gasteiger partial charge on any atom is -0.449 e. The summed E-state index contributed by atoms with van der Waals surface area (Å²) in [6.07, 6.45) is 1.12. The van der Waals surface area contributed by atoms with Crippen molar-refractivity contribution in [1.29, 1.82) is 0 Å². The van der Waals surface area contributed by atoms with E-state index in [1.54, 1.807) is 6.08 Å². The number of rotatable bonds is 11. The van der Waals surface area contributed by atoms with Gasteiger partial charge in [-0.05, 0) is 38.5 Å². The molecule has 0 saturated heterocycles. The van der Waals surface area contributed by atoms with E-state index >= 15 is 0 Å². The second kappa shape index (κ2) is 11.7. The molecule has 2 rings (SSSR count). The summed E-state index contributed by atoms with van der Waals surface area (Å²) < 4.78 is 42.4. The molecule has 1 heterocycles. The summed E-state index contributed by atoms with van der Waals surface area (Å²) in [4.78, 5) is 26.8. The number of Topliss-reactive ketones (excluding diaryl/α,β-unsaturated/α-hetero) is 1. The van der Waals surface area contributed by atoms with Crippen LogP contribution in [0.3, 0.4) is 0 Å². The number of aliphatic hydroxyl groups is 1. The van der Waals surface area contributed by atoms with Crippen LogP contribution in [-0.4, -0.2) is 38.5 Å². The Hall–Kier alpha value is -1.85. The van der Waals surface area contributed by atoms with Crippen molar-refractivity contribution in [2.75, 3.05) is 5.75 Å². The van der Waals surface area contributed by atoms with E-state index in [1.807, 2.05) is 6.08 Å². The summed E-state index contributed by atoms with van der Waals surface area (Å²) in [7, 11) is 0. The molecule has 1 aliphatic rings. The molecule has 11 heteroatoms. The number of carboxylic acid groups (broad SMARTS) is 1. The maximum Gasteiger partial charge on any atom is 0.512 e. The normalized spacial score (nSPS) is 20.7. The lowest BCUT2D eigenvalue weighted by Crippen LogP contribution is -2.23. The fraction of sp³-hybridized carbons (Fsp3) is 0.550. The van der Waals surface area contributed by atoms with E-state index < -0.39 is 30.1 Å². The lowest BCUT2D eigenvalue weighted by atomic mass is 9.90. The minimum absolute atomic E-state index is 0.0195. The molecule has 3 atom stereocenters. The third kappa shape index (κ3) is 8.66. The van der Waals surface area contributed by atoms with Crippen LogP contribution in [0.4, 0.5) is 18.0 Å². The number of hydrogen-bond acceptors (Lipinski definition) is 7. The third-order valence-electron chi connectivity index (χ3n) is 4.99. The van der Waals surface area contributed by atoms with Crippen LogP contribution in [0.5, 0.6) is 5.88 Å². The molecule has 0 unspecified atom stereocenters. The first-order valence-electron chi connectivity index (χ1n) is 9.68. The van der Waals surface area contributed by atoms with Gasteiger partial charge in [0.25, 0.3) is 0 Å². The van der Waals surface area contributed by atoms with Gasteiger partial charge in [-0.25, -0.2) is 9.18 Å². The molecule has 1 aliphatic carbocycles. The molecule has 0 aliphatic heterocycles. The van der Waals surface area contributed by atoms with Crippen molar-refractivity contribution in [1.82, 2.24) is 4.98 Å². The maximum absolute atomic E-state index is 12.9. The average Bonchev–Trinajstić information content (AvgIpc) is 3.26. The number of carbonyl (C=O) groups excluding carboxylic acids is 1. The van der Waals surface area contributed by atoms with Crippen LogP contribution in [0.2, 0.25) is 0 Å². The Balaban J connectivity index is 1.82. The highest BCUT2D eigenvalue weighted by molar-refractivity contribution is 8.01. The number of nitrogens with zero attached hydrogens (tertiary/aromatic N) is 1. The predicted octanol–water partition coefficient (Wildman–Crippen LogP) is 5.83. The minimum atomic E-state index is -2.36. The predicted molar refractivity (Wildman–Crippen MR) is 111 cm³/mol. The Labute approximate surface area is 186 Å². The molecule has 172 valence electrons. The van der Waals surface area contributed by atoms with E-state index in [9.17, 15) is 27.9 Å². The Morgan fingerprint density at radius 1 is 1.45 bits per heavy atom. The quantitative estimate of drug-likeness (QED) is 0.234. The average molecular weight is 480 g/mol. The Morgan fingerprint density at radius 2 is 2.19 bits per heavy atom. The van der Waals surface area contributed by atoms with Crippen LogP contribution in [0.15, 0.2) is 33.8 Å². The van der Waals surface area contributed by atoms with Crippen molar-refractivity contribution in [2.45, 2.75) is 55.4 Å². The Bertz CT molecular complexity index is 837. The zero-order valence-electron chi connectivity index (χ0n) is 16.9. The fourth-order valence-corrected chi connectivity index (χ4v) is 5.14. The third-order valence-corrected chi connectivity index (χ3v) is 7.02. The van der Waals surface area contributed by atoms with E-state index in [4.69, 9.17) is 5.11 Å². The van der Waals surface area contributed by atoms with Crippen molar-refractivity contribution in [3.63, 3.8) is 0 Å². The maximum atomic E-state index is 12.9. The van der Waals surface area contributed by atoms with Crippen LogP contribution < -0.4 is 4.74 Å². The van der Waals surface area contributed by atoms with Gasteiger partial charge in [0.1, 0.15) is 5.78 Å². The zero-order chi connectivity index (χ0) is 23.0. The van der Waals surface area contributed by atoms with Crippen LogP contribution in [0.25, 0.3) is 0 Å². The van der Waals surface area contributed by atoms with Crippen LogP contribution >= 0.6 is 23.1 Å². The molecule has 1 aromatic rings. The highest BCUT2D eigenvalue weighted by Crippen LogP contribution is 2.35. The lowest BCUT2D eigenvalue weighted by molar-refractivity contribution is -0.121. The van der Waals surface area contributed by atoms with Crippen molar-refractivity contribution < 1.29 is 37.7 Å². The number of ketones is 1. The van der Waals surface area contributed by atoms with Crippen LogP contribution in [-0.2, 0) is 4.79 Å². The highest BCUT2D eigenvalue weighted by atomic mass is 32.2. The van der Waals surface area contributed by atoms with Gasteiger partial charge >= 0.3 is 12.2 Å². The summed E-state index contributed by atoms with van der Waals surface area (Å²) in [6.45, 7) is 1.46. The molecule has 31 heavy (non-hydrogen) atoms. The van der Waals surface area contributed by atoms with Gasteiger partial charge < -0.3 is 14.9 Å². The summed E-state index contributed by atoms with van der Waals surface area (Å²) in [5, 5.41) is 20.3. The van der Waals surface area contributed by atoms with Crippen LogP contribution in [0.1, 0.15) is 45.4 Å². The molecule has 6 nitrogen and oxygen atoms in total. The molecule has 0 radical (unpaired) electrons. The van der Waals surface area contributed by atoms with E-state index in [1.165, 1.54) is 35.4 Å². The smallest absolute Gasteiger partial charge is 0.449 e. The van der Waals surface area contributed by atoms with Crippen molar-refractivity contribution in [3.05, 3.63) is 29.4 Å². The van der Waals surface area contributed by atoms with Gasteiger partial charge in [0, 0.05) is 24.5 Å². The molecule has 0 aromatic carbocycles. The molecular weight excluding hydrogens is 455 g/mol. The molecule has 1 fully saturated rings. The van der Waals surface area contributed by atoms with Crippen LogP contribution in [0, 0.1) is 11.8 Å². The molecule has 2 N–H and O–H groups in total. The largest absolute Gasteiger partial charge is 0.512 e. The molecule has 0 bridgehead atoms. The zero-order valence-corrected chi connectivity index (χ0v) is 18.5. The topological polar surface area (TPSA) is 96.7 Å². The number of ether oxygens (including phenoxy) is 1. The van der Waals surface area contributed by atoms with E-state index in [2.05, 4.69) is 9.72 Å². The first kappa shape index (κ1) is 25.4. The van der Waals surface area contributed by atoms with E-state index in [0.717, 1.165) is 0 Å². The van der Waals surface area contributed by atoms with E-state index in [0.29, 0.717) is 29.4 Å². The number of thioether (sulfide) groups is 1. The SMILES string of the molecule is C[C@@](O)(C/C=C/[C@H]1CCC(=O)[C@H]1CCSc1nc(OC(=O)O)cs1)CCC(F)=C(F)F. The number of carbonyl (C=O) groups is 2. The van der Waals surface area contributed by atoms with Gasteiger partial charge in [0.2, 0.25) is 5.88 Å². The summed E-state index contributed by atoms with van der Waals surface area (Å²) in [5.41, 5.74) is -1.32. The summed E-state index contributed by atoms with van der Waals surface area (Å²) in [5.74, 6) is -0.838. The summed E-state index contributed by atoms with van der Waals surface area (Å²) >= 11 is 2.68. The van der Waals surface area contributed by atoms with Gasteiger partial charge in [-0.2, -0.15) is 13.8 Å². The molecule has 0 amide bonds. The summed E-state index contributed by atoms with van der Waals surface area (Å²) in [6, 6.07) is 0. The number of allylic oxidation sites excluding steroid dienone is 2. The molecule has 1 saturated carbocycles. The van der Waals surface area contributed by atoms with Gasteiger partial charge in [-0.15, -0.1) is 11.3 Å². The molecule has 0 spiro atoms. The molecule has 1 aromatic heterocycles. The number of hydrogen-bond donors (Lipinski definition) is 2.